The molecule has 0 saturated carbocycles. The number of furan rings is 1. The molecule has 1 heterocycles. The lowest BCUT2D eigenvalue weighted by atomic mass is 10.2. The van der Waals surface area contributed by atoms with E-state index in [1.54, 1.807) is 6.07 Å². The van der Waals surface area contributed by atoms with E-state index in [0.717, 1.165) is 16.5 Å². The minimum atomic E-state index is -0.161. The Morgan fingerprint density at radius 3 is 2.75 bits per heavy atom. The molecule has 0 aliphatic heterocycles. The van der Waals surface area contributed by atoms with E-state index in [0.29, 0.717) is 5.76 Å². The number of rotatable bonds is 2. The van der Waals surface area contributed by atoms with Crippen molar-refractivity contribution in [2.75, 3.05) is 0 Å². The molecule has 3 nitrogen and oxygen atoms in total. The molecule has 0 atom stereocenters. The number of para-hydroxylation sites is 1. The summed E-state index contributed by atoms with van der Waals surface area (Å²) in [6.45, 7) is 5.81. The minimum absolute atomic E-state index is 0.113. The molecule has 1 amide bonds. The first kappa shape index (κ1) is 10.7. The molecular formula is C13H15NO2. The van der Waals surface area contributed by atoms with Gasteiger partial charge in [0, 0.05) is 11.4 Å². The second-order valence-electron chi connectivity index (χ2n) is 4.23. The molecule has 0 aliphatic carbocycles. The molecule has 0 bridgehead atoms. The Morgan fingerprint density at radius 2 is 2.12 bits per heavy atom. The third kappa shape index (κ3) is 1.94. The van der Waals surface area contributed by atoms with E-state index in [9.17, 15) is 4.79 Å². The first-order valence-corrected chi connectivity index (χ1v) is 5.38. The number of amides is 1. The van der Waals surface area contributed by atoms with Crippen LogP contribution in [0.15, 0.2) is 28.7 Å². The molecular weight excluding hydrogens is 202 g/mol. The predicted octanol–water partition coefficient (Wildman–Crippen LogP) is 2.88. The molecule has 0 spiro atoms. The Hall–Kier alpha value is -1.77. The first-order valence-electron chi connectivity index (χ1n) is 5.38. The van der Waals surface area contributed by atoms with Crippen molar-refractivity contribution in [1.82, 2.24) is 5.32 Å². The van der Waals surface area contributed by atoms with Crippen molar-refractivity contribution in [1.29, 1.82) is 0 Å². The van der Waals surface area contributed by atoms with Crippen molar-refractivity contribution in [3.63, 3.8) is 0 Å². The molecule has 2 rings (SSSR count). The summed E-state index contributed by atoms with van der Waals surface area (Å²) in [5.74, 6) is 0.212. The van der Waals surface area contributed by atoms with Crippen LogP contribution in [0.5, 0.6) is 0 Å². The predicted molar refractivity (Wildman–Crippen MR) is 63.6 cm³/mol. The number of hydrogen-bond acceptors (Lipinski definition) is 2. The van der Waals surface area contributed by atoms with Gasteiger partial charge in [-0.1, -0.05) is 18.2 Å². The van der Waals surface area contributed by atoms with Gasteiger partial charge in [-0.05, 0) is 32.4 Å². The van der Waals surface area contributed by atoms with E-state index in [2.05, 4.69) is 5.32 Å². The average molecular weight is 217 g/mol. The van der Waals surface area contributed by atoms with E-state index < -0.39 is 0 Å². The van der Waals surface area contributed by atoms with Gasteiger partial charge >= 0.3 is 0 Å². The molecule has 2 aromatic rings. The highest BCUT2D eigenvalue weighted by Gasteiger charge is 2.13. The molecule has 0 aliphatic rings. The van der Waals surface area contributed by atoms with E-state index in [1.165, 1.54) is 0 Å². The van der Waals surface area contributed by atoms with Crippen LogP contribution < -0.4 is 5.32 Å². The van der Waals surface area contributed by atoms with Crippen molar-refractivity contribution in [3.8, 4) is 0 Å². The van der Waals surface area contributed by atoms with Crippen LogP contribution in [0.4, 0.5) is 0 Å². The molecule has 0 saturated heterocycles. The van der Waals surface area contributed by atoms with Gasteiger partial charge in [0.1, 0.15) is 5.58 Å². The summed E-state index contributed by atoms with van der Waals surface area (Å²) in [5.41, 5.74) is 1.83. The summed E-state index contributed by atoms with van der Waals surface area (Å²) < 4.78 is 5.55. The minimum Gasteiger partial charge on any atom is -0.451 e. The highest BCUT2D eigenvalue weighted by atomic mass is 16.3. The number of carbonyl (C=O) groups is 1. The van der Waals surface area contributed by atoms with Gasteiger partial charge in [-0.2, -0.15) is 0 Å². The monoisotopic (exact) mass is 217 g/mol. The van der Waals surface area contributed by atoms with Gasteiger partial charge in [0.05, 0.1) is 0 Å². The topological polar surface area (TPSA) is 42.2 Å². The first-order chi connectivity index (χ1) is 7.58. The van der Waals surface area contributed by atoms with Crippen molar-refractivity contribution in [2.45, 2.75) is 26.8 Å². The number of hydrogen-bond donors (Lipinski definition) is 1. The van der Waals surface area contributed by atoms with Crippen molar-refractivity contribution >= 4 is 16.9 Å². The number of benzene rings is 1. The van der Waals surface area contributed by atoms with Crippen LogP contribution in [-0.2, 0) is 0 Å². The Balaban J connectivity index is 2.40. The average Bonchev–Trinajstić information content (AvgIpc) is 2.61. The second-order valence-corrected chi connectivity index (χ2v) is 4.23. The zero-order chi connectivity index (χ0) is 11.7. The lowest BCUT2D eigenvalue weighted by Crippen LogP contribution is -2.29. The van der Waals surface area contributed by atoms with Crippen LogP contribution in [0.2, 0.25) is 0 Å². The summed E-state index contributed by atoms with van der Waals surface area (Å²) in [5, 5.41) is 3.77. The zero-order valence-electron chi connectivity index (χ0n) is 9.70. The van der Waals surface area contributed by atoms with Crippen molar-refractivity contribution in [2.24, 2.45) is 0 Å². The molecule has 1 N–H and O–H groups in total. The van der Waals surface area contributed by atoms with Gasteiger partial charge in [0.25, 0.3) is 5.91 Å². The fraction of sp³-hybridized carbons (Fsp3) is 0.308. The molecule has 0 fully saturated rings. The third-order valence-electron chi connectivity index (χ3n) is 2.38. The molecule has 0 unspecified atom stereocenters. The normalized spacial score (nSPS) is 11.0. The summed E-state index contributed by atoms with van der Waals surface area (Å²) in [4.78, 5) is 11.7. The molecule has 3 heteroatoms. The lowest BCUT2D eigenvalue weighted by Gasteiger charge is -2.04. The lowest BCUT2D eigenvalue weighted by molar-refractivity contribution is 0.0917. The number of nitrogens with one attached hydrogen (secondary N) is 1. The smallest absolute Gasteiger partial charge is 0.287 e. The largest absolute Gasteiger partial charge is 0.451 e. The van der Waals surface area contributed by atoms with Gasteiger partial charge in [-0.25, -0.2) is 0 Å². The Morgan fingerprint density at radius 1 is 1.38 bits per heavy atom. The van der Waals surface area contributed by atoms with Crippen molar-refractivity contribution < 1.29 is 9.21 Å². The van der Waals surface area contributed by atoms with E-state index in [4.69, 9.17) is 4.42 Å². The fourth-order valence-electron chi connectivity index (χ4n) is 1.65. The molecule has 84 valence electrons. The highest BCUT2D eigenvalue weighted by molar-refractivity contribution is 5.96. The maximum atomic E-state index is 11.7. The zero-order valence-corrected chi connectivity index (χ0v) is 9.70. The van der Waals surface area contributed by atoms with Crippen molar-refractivity contribution in [3.05, 3.63) is 35.6 Å². The molecule has 1 aromatic heterocycles. The van der Waals surface area contributed by atoms with E-state index >= 15 is 0 Å². The standard InChI is InChI=1S/C13H15NO2/c1-8(2)14-13(15)11-7-10-6-4-5-9(3)12(10)16-11/h4-8H,1-3H3,(H,14,15). The Bertz CT molecular complexity index is 526. The van der Waals surface area contributed by atoms with Crippen LogP contribution in [0.25, 0.3) is 11.0 Å². The van der Waals surface area contributed by atoms with Gasteiger partial charge < -0.3 is 9.73 Å². The molecule has 16 heavy (non-hydrogen) atoms. The van der Waals surface area contributed by atoms with E-state index in [1.807, 2.05) is 39.0 Å². The number of fused-ring (bicyclic) bond motifs is 1. The van der Waals surface area contributed by atoms with E-state index in [-0.39, 0.29) is 11.9 Å². The van der Waals surface area contributed by atoms with Crippen LogP contribution >= 0.6 is 0 Å². The van der Waals surface area contributed by atoms with Gasteiger partial charge in [-0.15, -0.1) is 0 Å². The van der Waals surface area contributed by atoms with Gasteiger partial charge in [-0.3, -0.25) is 4.79 Å². The van der Waals surface area contributed by atoms with Crippen LogP contribution in [0.1, 0.15) is 30.0 Å². The van der Waals surface area contributed by atoms with Gasteiger partial charge in [0.2, 0.25) is 0 Å². The van der Waals surface area contributed by atoms with Crippen LogP contribution in [0.3, 0.4) is 0 Å². The Labute approximate surface area is 94.4 Å². The highest BCUT2D eigenvalue weighted by Crippen LogP contribution is 2.22. The third-order valence-corrected chi connectivity index (χ3v) is 2.38. The quantitative estimate of drug-likeness (QED) is 0.840. The SMILES string of the molecule is Cc1cccc2cc(C(=O)NC(C)C)oc12. The maximum absolute atomic E-state index is 11.7. The van der Waals surface area contributed by atoms with Crippen LogP contribution in [0, 0.1) is 6.92 Å². The molecule has 0 radical (unpaired) electrons. The molecule has 1 aromatic carbocycles. The summed E-state index contributed by atoms with van der Waals surface area (Å²) >= 11 is 0. The number of carbonyl (C=O) groups excluding carboxylic acids is 1. The summed E-state index contributed by atoms with van der Waals surface area (Å²) in [7, 11) is 0. The summed E-state index contributed by atoms with van der Waals surface area (Å²) in [6, 6.07) is 7.76. The maximum Gasteiger partial charge on any atom is 0.287 e. The van der Waals surface area contributed by atoms with Gasteiger partial charge in [0.15, 0.2) is 5.76 Å². The fourth-order valence-corrected chi connectivity index (χ4v) is 1.65. The second kappa shape index (κ2) is 4.00. The summed E-state index contributed by atoms with van der Waals surface area (Å²) in [6.07, 6.45) is 0. The Kier molecular flexibility index (Phi) is 2.69. The number of aryl methyl sites for hydroxylation is 1. The van der Waals surface area contributed by atoms with Crippen LogP contribution in [-0.4, -0.2) is 11.9 Å².